The minimum Gasteiger partial charge on any atom is -0.508 e. The Kier molecular flexibility index (Phi) is 6.08. The van der Waals surface area contributed by atoms with Gasteiger partial charge in [0.1, 0.15) is 5.75 Å². The van der Waals surface area contributed by atoms with Gasteiger partial charge in [-0.2, -0.15) is 0 Å². The zero-order chi connectivity index (χ0) is 18.4. The van der Waals surface area contributed by atoms with E-state index in [1.54, 1.807) is 17.1 Å². The van der Waals surface area contributed by atoms with E-state index < -0.39 is 11.9 Å². The number of urea groups is 1. The van der Waals surface area contributed by atoms with Crippen LogP contribution < -0.4 is 10.7 Å². The van der Waals surface area contributed by atoms with Crippen molar-refractivity contribution in [2.24, 2.45) is 0 Å². The van der Waals surface area contributed by atoms with Gasteiger partial charge in [-0.3, -0.25) is 15.5 Å². The van der Waals surface area contributed by atoms with Crippen LogP contribution in [0, 0.1) is 0 Å². The highest BCUT2D eigenvalue weighted by Crippen LogP contribution is 2.24. The molecule has 1 fully saturated rings. The maximum Gasteiger partial charge on any atom is 0.335 e. The van der Waals surface area contributed by atoms with Gasteiger partial charge in [0.25, 0.3) is 5.22 Å². The molecule has 2 aromatic rings. The molecule has 0 saturated carbocycles. The Morgan fingerprint density at radius 3 is 2.62 bits per heavy atom. The molecule has 2 heterocycles. The maximum atomic E-state index is 11.9. The normalized spacial score (nSPS) is 14.8. The van der Waals surface area contributed by atoms with Crippen LogP contribution in [0.15, 0.2) is 33.9 Å². The fourth-order valence-electron chi connectivity index (χ4n) is 2.46. The average Bonchev–Trinajstić information content (AvgIpc) is 3.10. The van der Waals surface area contributed by atoms with Crippen LogP contribution in [0.5, 0.6) is 5.75 Å². The third kappa shape index (κ3) is 5.20. The third-order valence-electron chi connectivity index (χ3n) is 3.72. The monoisotopic (exact) mass is 377 g/mol. The van der Waals surface area contributed by atoms with Crippen LogP contribution in [-0.4, -0.2) is 51.1 Å². The number of nitrogens with zero attached hydrogens (tertiary/aromatic N) is 3. The van der Waals surface area contributed by atoms with Crippen molar-refractivity contribution in [3.8, 4) is 17.2 Å². The lowest BCUT2D eigenvalue weighted by atomic mass is 10.2. The molecule has 0 aliphatic carbocycles. The van der Waals surface area contributed by atoms with E-state index in [-0.39, 0.29) is 22.6 Å². The molecule has 1 aliphatic rings. The molecule has 3 amide bonds. The third-order valence-corrected chi connectivity index (χ3v) is 4.53. The first-order chi connectivity index (χ1) is 12.6. The number of rotatable bonds is 5. The summed E-state index contributed by atoms with van der Waals surface area (Å²) in [5.74, 6) is -0.0445. The van der Waals surface area contributed by atoms with Crippen molar-refractivity contribution in [2.75, 3.05) is 18.8 Å². The predicted molar refractivity (Wildman–Crippen MR) is 94.2 cm³/mol. The van der Waals surface area contributed by atoms with E-state index in [9.17, 15) is 14.7 Å². The highest BCUT2D eigenvalue weighted by Gasteiger charge is 2.16. The number of thioether (sulfide) groups is 1. The van der Waals surface area contributed by atoms with E-state index >= 15 is 0 Å². The van der Waals surface area contributed by atoms with Crippen molar-refractivity contribution in [1.82, 2.24) is 25.9 Å². The van der Waals surface area contributed by atoms with Crippen LogP contribution in [0.4, 0.5) is 4.79 Å². The van der Waals surface area contributed by atoms with Gasteiger partial charge in [-0.1, -0.05) is 18.2 Å². The number of phenolic OH excluding ortho intramolecular Hbond substituents is 1. The maximum absolute atomic E-state index is 11.9. The van der Waals surface area contributed by atoms with Gasteiger partial charge >= 0.3 is 6.03 Å². The van der Waals surface area contributed by atoms with E-state index in [0.29, 0.717) is 5.56 Å². The Balaban J connectivity index is 1.44. The van der Waals surface area contributed by atoms with Crippen LogP contribution in [0.1, 0.15) is 19.3 Å². The van der Waals surface area contributed by atoms with Gasteiger partial charge in [0.2, 0.25) is 11.8 Å². The van der Waals surface area contributed by atoms with Gasteiger partial charge in [-0.05, 0) is 37.1 Å². The first kappa shape index (κ1) is 18.2. The molecule has 1 saturated heterocycles. The van der Waals surface area contributed by atoms with Gasteiger partial charge in [-0.15, -0.1) is 10.2 Å². The number of carbonyl (C=O) groups is 2. The Hall–Kier alpha value is -2.59. The molecule has 0 unspecified atom stereocenters. The van der Waals surface area contributed by atoms with Crippen molar-refractivity contribution in [3.63, 3.8) is 0 Å². The standard InChI is InChI=1S/C16H19N5O4S/c22-12-6-4-11(5-7-12)14-18-19-16(25-14)26-10-13(23)17-15(24)20-21-8-2-1-3-9-21/h4-7,22H,1-3,8-10H2,(H2,17,20,23,24). The summed E-state index contributed by atoms with van der Waals surface area (Å²) in [5.41, 5.74) is 3.32. The van der Waals surface area contributed by atoms with E-state index in [4.69, 9.17) is 4.42 Å². The second kappa shape index (κ2) is 8.68. The second-order valence-corrected chi connectivity index (χ2v) is 6.67. The molecule has 138 valence electrons. The number of imide groups is 1. The van der Waals surface area contributed by atoms with E-state index in [0.717, 1.165) is 44.1 Å². The Labute approximate surface area is 154 Å². The number of aromatic hydroxyl groups is 1. The van der Waals surface area contributed by atoms with Crippen molar-refractivity contribution in [1.29, 1.82) is 0 Å². The minimum absolute atomic E-state index is 0.0232. The number of hydrazine groups is 1. The molecule has 1 aliphatic heterocycles. The van der Waals surface area contributed by atoms with Gasteiger partial charge in [0.15, 0.2) is 0 Å². The zero-order valence-electron chi connectivity index (χ0n) is 14.0. The van der Waals surface area contributed by atoms with Crippen LogP contribution in [0.25, 0.3) is 11.5 Å². The van der Waals surface area contributed by atoms with Crippen LogP contribution >= 0.6 is 11.8 Å². The summed E-state index contributed by atoms with van der Waals surface area (Å²) in [6, 6.07) is 5.79. The van der Waals surface area contributed by atoms with Gasteiger partial charge in [0.05, 0.1) is 5.75 Å². The zero-order valence-corrected chi connectivity index (χ0v) is 14.8. The quantitative estimate of drug-likeness (QED) is 0.674. The van der Waals surface area contributed by atoms with E-state index in [1.165, 1.54) is 12.1 Å². The SMILES string of the molecule is O=C(CSc1nnc(-c2ccc(O)cc2)o1)NC(=O)NN1CCCCC1. The van der Waals surface area contributed by atoms with E-state index in [1.807, 2.05) is 0 Å². The number of hydrogen-bond acceptors (Lipinski definition) is 8. The molecule has 0 spiro atoms. The number of benzene rings is 1. The smallest absolute Gasteiger partial charge is 0.335 e. The Bertz CT molecular complexity index is 758. The molecule has 1 aromatic carbocycles. The van der Waals surface area contributed by atoms with Crippen molar-refractivity contribution in [3.05, 3.63) is 24.3 Å². The molecule has 1 aromatic heterocycles. The number of aromatic nitrogens is 2. The summed E-state index contributed by atoms with van der Waals surface area (Å²) in [7, 11) is 0. The molecule has 9 nitrogen and oxygen atoms in total. The topological polar surface area (TPSA) is 121 Å². The molecule has 3 N–H and O–H groups in total. The first-order valence-corrected chi connectivity index (χ1v) is 9.20. The molecule has 0 radical (unpaired) electrons. The van der Waals surface area contributed by atoms with Crippen molar-refractivity contribution < 1.29 is 19.1 Å². The lowest BCUT2D eigenvalue weighted by Crippen LogP contribution is -2.50. The number of piperidine rings is 1. The van der Waals surface area contributed by atoms with Gasteiger partial charge in [-0.25, -0.2) is 9.80 Å². The second-order valence-electron chi connectivity index (χ2n) is 5.75. The van der Waals surface area contributed by atoms with E-state index in [2.05, 4.69) is 20.9 Å². The summed E-state index contributed by atoms with van der Waals surface area (Å²) >= 11 is 1.04. The lowest BCUT2D eigenvalue weighted by molar-refractivity contribution is -0.117. The molecular weight excluding hydrogens is 358 g/mol. The minimum atomic E-state index is -0.534. The lowest BCUT2D eigenvalue weighted by Gasteiger charge is -2.26. The Morgan fingerprint density at radius 1 is 1.15 bits per heavy atom. The highest BCUT2D eigenvalue weighted by molar-refractivity contribution is 7.99. The van der Waals surface area contributed by atoms with Crippen LogP contribution in [0.2, 0.25) is 0 Å². The fourth-order valence-corrected chi connectivity index (χ4v) is 3.02. The molecule has 0 bridgehead atoms. The molecule has 10 heteroatoms. The number of phenols is 1. The summed E-state index contributed by atoms with van der Waals surface area (Å²) in [6.07, 6.45) is 3.22. The predicted octanol–water partition coefficient (Wildman–Crippen LogP) is 1.76. The highest BCUT2D eigenvalue weighted by atomic mass is 32.2. The van der Waals surface area contributed by atoms with Gasteiger partial charge in [0, 0.05) is 18.7 Å². The van der Waals surface area contributed by atoms with Crippen molar-refractivity contribution >= 4 is 23.7 Å². The fraction of sp³-hybridized carbons (Fsp3) is 0.375. The van der Waals surface area contributed by atoms with Crippen LogP contribution in [-0.2, 0) is 4.79 Å². The largest absolute Gasteiger partial charge is 0.508 e. The Morgan fingerprint density at radius 2 is 1.88 bits per heavy atom. The first-order valence-electron chi connectivity index (χ1n) is 8.21. The number of amides is 3. The van der Waals surface area contributed by atoms with Crippen molar-refractivity contribution in [2.45, 2.75) is 24.5 Å². The number of hydrogen-bond donors (Lipinski definition) is 3. The summed E-state index contributed by atoms with van der Waals surface area (Å²) in [4.78, 5) is 23.6. The summed E-state index contributed by atoms with van der Waals surface area (Å²) in [5, 5.41) is 21.3. The van der Waals surface area contributed by atoms with Gasteiger partial charge < -0.3 is 9.52 Å². The number of carbonyl (C=O) groups excluding carboxylic acids is 2. The molecule has 26 heavy (non-hydrogen) atoms. The summed E-state index contributed by atoms with van der Waals surface area (Å²) < 4.78 is 5.46. The number of nitrogens with one attached hydrogen (secondary N) is 2. The molecule has 3 rings (SSSR count). The average molecular weight is 377 g/mol. The summed E-state index contributed by atoms with van der Waals surface area (Å²) in [6.45, 7) is 1.58. The molecular formula is C16H19N5O4S. The van der Waals surface area contributed by atoms with Crippen LogP contribution in [0.3, 0.4) is 0 Å². The molecule has 0 atom stereocenters.